The Hall–Kier alpha value is -3.18. The summed E-state index contributed by atoms with van der Waals surface area (Å²) in [6, 6.07) is 12.6. The molecule has 2 aromatic carbocycles. The van der Waals surface area contributed by atoms with E-state index in [1.165, 1.54) is 18.5 Å². The Morgan fingerprint density at radius 2 is 1.50 bits per heavy atom. The van der Waals surface area contributed by atoms with Crippen LogP contribution in [0.3, 0.4) is 0 Å². The van der Waals surface area contributed by atoms with E-state index in [1.807, 2.05) is 39.0 Å². The summed E-state index contributed by atoms with van der Waals surface area (Å²) in [4.78, 5) is 29.2. The van der Waals surface area contributed by atoms with E-state index in [-0.39, 0.29) is 17.4 Å². The van der Waals surface area contributed by atoms with E-state index in [4.69, 9.17) is 11.6 Å². The van der Waals surface area contributed by atoms with Gasteiger partial charge in [-0.3, -0.25) is 14.6 Å². The number of carbonyl (C=O) groups is 2. The van der Waals surface area contributed by atoms with Crippen LogP contribution < -0.4 is 10.6 Å². The van der Waals surface area contributed by atoms with Crippen LogP contribution in [-0.4, -0.2) is 16.8 Å². The van der Waals surface area contributed by atoms with Crippen molar-refractivity contribution in [3.63, 3.8) is 0 Å². The zero-order valence-corrected chi connectivity index (χ0v) is 16.6. The van der Waals surface area contributed by atoms with E-state index >= 15 is 0 Å². The van der Waals surface area contributed by atoms with Gasteiger partial charge < -0.3 is 10.6 Å². The molecule has 0 fully saturated rings. The molecule has 0 saturated carbocycles. The fourth-order valence-electron chi connectivity index (χ4n) is 2.69. The minimum Gasteiger partial charge on any atom is -0.322 e. The number of carbonyl (C=O) groups excluding carboxylic acids is 2. The first kappa shape index (κ1) is 19.6. The van der Waals surface area contributed by atoms with Gasteiger partial charge in [0.25, 0.3) is 11.8 Å². The third kappa shape index (κ3) is 4.38. The summed E-state index contributed by atoms with van der Waals surface area (Å²) >= 11 is 6.09. The molecular weight excluding hydrogens is 374 g/mol. The van der Waals surface area contributed by atoms with E-state index in [1.54, 1.807) is 18.2 Å². The summed E-state index contributed by atoms with van der Waals surface area (Å²) < 4.78 is 0. The number of halogens is 1. The van der Waals surface area contributed by atoms with Gasteiger partial charge in [-0.1, -0.05) is 29.8 Å². The number of hydrogen-bond acceptors (Lipinski definition) is 3. The molecule has 0 radical (unpaired) electrons. The standard InChI is InChI=1S/C22H20ClN3O2/c1-13-7-8-14(2)20(9-13)26-22(28)17-10-16(11-24-12-17)21(27)25-19-6-4-5-18(23)15(19)3/h4-12H,1-3H3,(H,25,27)(H,26,28). The average molecular weight is 394 g/mol. The van der Waals surface area contributed by atoms with E-state index < -0.39 is 0 Å². The highest BCUT2D eigenvalue weighted by Gasteiger charge is 2.14. The molecule has 0 atom stereocenters. The molecule has 28 heavy (non-hydrogen) atoms. The van der Waals surface area contributed by atoms with Crippen LogP contribution in [0.25, 0.3) is 0 Å². The van der Waals surface area contributed by atoms with Crippen LogP contribution in [0.1, 0.15) is 37.4 Å². The lowest BCUT2D eigenvalue weighted by molar-refractivity contribution is 0.102. The smallest absolute Gasteiger partial charge is 0.257 e. The van der Waals surface area contributed by atoms with Crippen LogP contribution >= 0.6 is 11.6 Å². The minimum absolute atomic E-state index is 0.285. The van der Waals surface area contributed by atoms with Crippen molar-refractivity contribution >= 4 is 34.8 Å². The molecular formula is C22H20ClN3O2. The van der Waals surface area contributed by atoms with Crippen LogP contribution in [0.4, 0.5) is 11.4 Å². The van der Waals surface area contributed by atoms with Crippen LogP contribution in [0, 0.1) is 20.8 Å². The maximum Gasteiger partial charge on any atom is 0.257 e. The summed E-state index contributed by atoms with van der Waals surface area (Å²) in [6.45, 7) is 5.70. The second-order valence-corrected chi connectivity index (χ2v) is 7.01. The molecule has 0 spiro atoms. The molecule has 3 aromatic rings. The van der Waals surface area contributed by atoms with Gasteiger partial charge in [0.15, 0.2) is 0 Å². The largest absolute Gasteiger partial charge is 0.322 e. The Bertz CT molecular complexity index is 1030. The molecule has 2 amide bonds. The van der Waals surface area contributed by atoms with Gasteiger partial charge in [0, 0.05) is 28.8 Å². The van der Waals surface area contributed by atoms with Gasteiger partial charge in [0.05, 0.1) is 11.1 Å². The van der Waals surface area contributed by atoms with Crippen LogP contribution in [0.5, 0.6) is 0 Å². The number of hydrogen-bond donors (Lipinski definition) is 2. The Morgan fingerprint density at radius 3 is 2.18 bits per heavy atom. The van der Waals surface area contributed by atoms with Crippen LogP contribution in [0.15, 0.2) is 54.9 Å². The lowest BCUT2D eigenvalue weighted by atomic mass is 10.1. The summed E-state index contributed by atoms with van der Waals surface area (Å²) in [7, 11) is 0. The third-order valence-corrected chi connectivity index (χ3v) is 4.83. The zero-order chi connectivity index (χ0) is 20.3. The summed E-state index contributed by atoms with van der Waals surface area (Å²) in [5.41, 5.74) is 4.71. The second kappa shape index (κ2) is 8.23. The number of anilines is 2. The normalized spacial score (nSPS) is 10.4. The number of rotatable bonds is 4. The number of nitrogens with one attached hydrogen (secondary N) is 2. The highest BCUT2D eigenvalue weighted by atomic mass is 35.5. The van der Waals surface area contributed by atoms with Crippen LogP contribution in [-0.2, 0) is 0 Å². The SMILES string of the molecule is Cc1ccc(C)c(NC(=O)c2cncc(C(=O)Nc3cccc(Cl)c3C)c2)c1. The molecule has 5 nitrogen and oxygen atoms in total. The average Bonchev–Trinajstić information content (AvgIpc) is 2.68. The number of benzene rings is 2. The first-order valence-electron chi connectivity index (χ1n) is 8.75. The summed E-state index contributed by atoms with van der Waals surface area (Å²) in [6.07, 6.45) is 2.85. The van der Waals surface area contributed by atoms with Crippen molar-refractivity contribution in [2.45, 2.75) is 20.8 Å². The molecule has 0 aliphatic rings. The molecule has 0 saturated heterocycles. The predicted molar refractivity (Wildman–Crippen MR) is 112 cm³/mol. The third-order valence-electron chi connectivity index (χ3n) is 4.42. The van der Waals surface area contributed by atoms with Crippen molar-refractivity contribution in [3.8, 4) is 0 Å². The number of aryl methyl sites for hydroxylation is 2. The molecule has 1 aromatic heterocycles. The van der Waals surface area contributed by atoms with Gasteiger partial charge in [-0.25, -0.2) is 0 Å². The van der Waals surface area contributed by atoms with Crippen molar-refractivity contribution in [1.82, 2.24) is 4.98 Å². The molecule has 3 rings (SSSR count). The highest BCUT2D eigenvalue weighted by Crippen LogP contribution is 2.23. The minimum atomic E-state index is -0.362. The molecule has 6 heteroatoms. The molecule has 0 bridgehead atoms. The summed E-state index contributed by atoms with van der Waals surface area (Å²) in [5.74, 6) is -0.686. The Kier molecular flexibility index (Phi) is 5.76. The highest BCUT2D eigenvalue weighted by molar-refractivity contribution is 6.31. The van der Waals surface area contributed by atoms with Gasteiger partial charge in [0.1, 0.15) is 0 Å². The van der Waals surface area contributed by atoms with E-state index in [0.717, 1.165) is 22.4 Å². The summed E-state index contributed by atoms with van der Waals surface area (Å²) in [5, 5.41) is 6.24. The van der Waals surface area contributed by atoms with Gasteiger partial charge in [-0.05, 0) is 61.7 Å². The van der Waals surface area contributed by atoms with E-state index in [0.29, 0.717) is 16.3 Å². The lowest BCUT2D eigenvalue weighted by Crippen LogP contribution is -2.17. The topological polar surface area (TPSA) is 71.1 Å². The number of nitrogens with zero attached hydrogens (tertiary/aromatic N) is 1. The fraction of sp³-hybridized carbons (Fsp3) is 0.136. The Morgan fingerprint density at radius 1 is 0.857 bits per heavy atom. The lowest BCUT2D eigenvalue weighted by Gasteiger charge is -2.11. The first-order valence-corrected chi connectivity index (χ1v) is 9.13. The maximum absolute atomic E-state index is 12.6. The predicted octanol–water partition coefficient (Wildman–Crippen LogP) is 5.16. The van der Waals surface area contributed by atoms with Crippen molar-refractivity contribution in [1.29, 1.82) is 0 Å². The van der Waals surface area contributed by atoms with Crippen molar-refractivity contribution < 1.29 is 9.59 Å². The maximum atomic E-state index is 12.6. The molecule has 0 aliphatic heterocycles. The number of aromatic nitrogens is 1. The Balaban J connectivity index is 1.79. The zero-order valence-electron chi connectivity index (χ0n) is 15.8. The van der Waals surface area contributed by atoms with Gasteiger partial charge >= 0.3 is 0 Å². The molecule has 0 unspecified atom stereocenters. The van der Waals surface area contributed by atoms with Gasteiger partial charge in [-0.2, -0.15) is 0 Å². The molecule has 1 heterocycles. The fourth-order valence-corrected chi connectivity index (χ4v) is 2.87. The van der Waals surface area contributed by atoms with Crippen molar-refractivity contribution in [2.75, 3.05) is 10.6 Å². The van der Waals surface area contributed by atoms with Gasteiger partial charge in [0.2, 0.25) is 0 Å². The van der Waals surface area contributed by atoms with E-state index in [2.05, 4.69) is 15.6 Å². The first-order chi connectivity index (χ1) is 13.3. The van der Waals surface area contributed by atoms with Crippen molar-refractivity contribution in [2.24, 2.45) is 0 Å². The van der Waals surface area contributed by atoms with Gasteiger partial charge in [-0.15, -0.1) is 0 Å². The Labute approximate surface area is 168 Å². The number of amides is 2. The van der Waals surface area contributed by atoms with Crippen LogP contribution in [0.2, 0.25) is 5.02 Å². The number of pyridine rings is 1. The quantitative estimate of drug-likeness (QED) is 0.642. The molecule has 142 valence electrons. The monoisotopic (exact) mass is 393 g/mol. The molecule has 2 N–H and O–H groups in total. The van der Waals surface area contributed by atoms with E-state index in [9.17, 15) is 9.59 Å². The molecule has 0 aliphatic carbocycles. The van der Waals surface area contributed by atoms with Crippen molar-refractivity contribution in [3.05, 3.63) is 87.7 Å². The second-order valence-electron chi connectivity index (χ2n) is 6.60.